The molecule has 0 aromatic heterocycles. The van der Waals surface area contributed by atoms with Gasteiger partial charge in [-0.1, -0.05) is 47.6 Å². The van der Waals surface area contributed by atoms with Crippen molar-refractivity contribution in [2.24, 2.45) is 5.92 Å². The van der Waals surface area contributed by atoms with E-state index in [0.29, 0.717) is 5.56 Å². The zero-order chi connectivity index (χ0) is 12.5. The van der Waals surface area contributed by atoms with E-state index in [2.05, 4.69) is 0 Å². The second kappa shape index (κ2) is 4.47. The first kappa shape index (κ1) is 12.1. The van der Waals surface area contributed by atoms with E-state index in [1.54, 1.807) is 37.3 Å². The SMILES string of the molecule is CCOC(=O)[C@@H]1C[C@@]1([BH-](F)F)c1ccccc1. The number of esters is 1. The number of carbonyl (C=O) groups excluding carboxylic acids is 1. The molecule has 92 valence electrons. The molecule has 17 heavy (non-hydrogen) atoms. The summed E-state index contributed by atoms with van der Waals surface area (Å²) in [7, 11) is -3.38. The average Bonchev–Trinajstić information content (AvgIpc) is 3.07. The van der Waals surface area contributed by atoms with Gasteiger partial charge in [-0.3, -0.25) is 4.79 Å². The first-order chi connectivity index (χ1) is 8.13. The van der Waals surface area contributed by atoms with E-state index < -0.39 is 24.5 Å². The van der Waals surface area contributed by atoms with Crippen molar-refractivity contribution < 1.29 is 18.2 Å². The molecule has 0 radical (unpaired) electrons. The molecule has 1 aliphatic carbocycles. The summed E-state index contributed by atoms with van der Waals surface area (Å²) in [6, 6.07) is 8.55. The lowest BCUT2D eigenvalue weighted by molar-refractivity contribution is -0.145. The summed E-state index contributed by atoms with van der Waals surface area (Å²) >= 11 is 0. The number of hydrogen-bond acceptors (Lipinski definition) is 2. The highest BCUT2D eigenvalue weighted by Crippen LogP contribution is 2.57. The van der Waals surface area contributed by atoms with E-state index in [1.165, 1.54) is 0 Å². The first-order valence-electron chi connectivity index (χ1n) is 5.79. The van der Waals surface area contributed by atoms with Gasteiger partial charge in [-0.2, -0.15) is 0 Å². The highest BCUT2D eigenvalue weighted by molar-refractivity contribution is 6.49. The van der Waals surface area contributed by atoms with Gasteiger partial charge in [0.2, 0.25) is 0 Å². The van der Waals surface area contributed by atoms with E-state index in [9.17, 15) is 13.4 Å². The lowest BCUT2D eigenvalue weighted by atomic mass is 9.67. The predicted octanol–water partition coefficient (Wildman–Crippen LogP) is 2.21. The smallest absolute Gasteiger partial charge is 0.306 e. The Bertz CT molecular complexity index is 410. The summed E-state index contributed by atoms with van der Waals surface area (Å²) in [5.41, 5.74) is 0.558. The molecular weight excluding hydrogens is 225 g/mol. The van der Waals surface area contributed by atoms with Gasteiger partial charge in [-0.15, -0.1) is 0 Å². The molecule has 2 atom stereocenters. The molecular formula is C12H14BF2O2-. The molecule has 1 aromatic rings. The molecule has 1 aromatic carbocycles. The highest BCUT2D eigenvalue weighted by Gasteiger charge is 2.60. The molecule has 0 unspecified atom stereocenters. The standard InChI is InChI=1S/C12H14BF2O2/c1-2-17-11(16)10-8-12(10,13(14)15)9-6-4-3-5-7-9/h3-7,10,13H,2,8H2,1H3/q-1/t10-,12+/m0/s1. The average molecular weight is 239 g/mol. The van der Waals surface area contributed by atoms with Gasteiger partial charge < -0.3 is 13.4 Å². The van der Waals surface area contributed by atoms with Gasteiger partial charge in [0.05, 0.1) is 6.61 Å². The third-order valence-electron chi connectivity index (χ3n) is 3.47. The molecule has 1 fully saturated rings. The summed E-state index contributed by atoms with van der Waals surface area (Å²) in [5.74, 6) is -1.16. The van der Waals surface area contributed by atoms with Crippen LogP contribution in [0.3, 0.4) is 0 Å². The normalized spacial score (nSPS) is 26.9. The third kappa shape index (κ3) is 1.94. The number of ether oxygens (including phenoxy) is 1. The monoisotopic (exact) mass is 239 g/mol. The van der Waals surface area contributed by atoms with E-state index in [1.807, 2.05) is 0 Å². The van der Waals surface area contributed by atoms with Gasteiger partial charge in [0.15, 0.2) is 0 Å². The Morgan fingerprint density at radius 2 is 2.12 bits per heavy atom. The molecule has 2 nitrogen and oxygen atoms in total. The molecule has 0 bridgehead atoms. The summed E-state index contributed by atoms with van der Waals surface area (Å²) in [5, 5.41) is -1.24. The lowest BCUT2D eigenvalue weighted by Crippen LogP contribution is -2.28. The Hall–Kier alpha value is -1.39. The van der Waals surface area contributed by atoms with Crippen molar-refractivity contribution in [2.75, 3.05) is 6.61 Å². The van der Waals surface area contributed by atoms with E-state index in [4.69, 9.17) is 4.74 Å². The minimum atomic E-state index is -3.38. The van der Waals surface area contributed by atoms with Gasteiger partial charge in [0.1, 0.15) is 0 Å². The number of hydrogen-bond donors (Lipinski definition) is 0. The molecule has 1 aliphatic rings. The van der Waals surface area contributed by atoms with E-state index >= 15 is 0 Å². The van der Waals surface area contributed by atoms with Crippen LogP contribution in [0.25, 0.3) is 0 Å². The van der Waals surface area contributed by atoms with Crippen molar-refractivity contribution in [2.45, 2.75) is 18.7 Å². The highest BCUT2D eigenvalue weighted by atomic mass is 19.2. The minimum Gasteiger partial charge on any atom is -0.480 e. The van der Waals surface area contributed by atoms with Crippen LogP contribution in [0.2, 0.25) is 0 Å². The van der Waals surface area contributed by atoms with Gasteiger partial charge in [0, 0.05) is 5.92 Å². The van der Waals surface area contributed by atoms with Gasteiger partial charge in [-0.25, -0.2) is 0 Å². The Morgan fingerprint density at radius 3 is 2.65 bits per heavy atom. The largest absolute Gasteiger partial charge is 0.480 e. The Kier molecular flexibility index (Phi) is 3.18. The van der Waals surface area contributed by atoms with Crippen LogP contribution < -0.4 is 0 Å². The minimum absolute atomic E-state index is 0.211. The van der Waals surface area contributed by atoms with Crippen LogP contribution in [0, 0.1) is 5.92 Å². The maximum Gasteiger partial charge on any atom is 0.306 e. The van der Waals surface area contributed by atoms with Crippen molar-refractivity contribution in [1.29, 1.82) is 0 Å². The maximum absolute atomic E-state index is 13.3. The van der Waals surface area contributed by atoms with Crippen LogP contribution in [0.1, 0.15) is 18.9 Å². The fourth-order valence-corrected chi connectivity index (χ4v) is 2.40. The van der Waals surface area contributed by atoms with Crippen LogP contribution in [-0.4, -0.2) is 19.8 Å². The van der Waals surface area contributed by atoms with Gasteiger partial charge in [-0.05, 0) is 6.92 Å². The first-order valence-corrected chi connectivity index (χ1v) is 5.79. The zero-order valence-corrected chi connectivity index (χ0v) is 9.66. The molecule has 0 aliphatic heterocycles. The van der Waals surface area contributed by atoms with Crippen LogP contribution in [0.4, 0.5) is 8.63 Å². The molecule has 0 N–H and O–H groups in total. The summed E-state index contributed by atoms with van der Waals surface area (Å²) in [4.78, 5) is 11.6. The molecule has 2 rings (SSSR count). The fourth-order valence-electron chi connectivity index (χ4n) is 2.40. The number of rotatable bonds is 4. The van der Waals surface area contributed by atoms with Crippen LogP contribution in [0.15, 0.2) is 30.3 Å². The van der Waals surface area contributed by atoms with Crippen molar-refractivity contribution in [1.82, 2.24) is 0 Å². The summed E-state index contributed by atoms with van der Waals surface area (Å²) in [6.45, 7) is 1.92. The van der Waals surface area contributed by atoms with Crippen molar-refractivity contribution >= 4 is 13.2 Å². The Balaban J connectivity index is 2.24. The lowest BCUT2D eigenvalue weighted by Gasteiger charge is -2.22. The number of benzene rings is 1. The Labute approximate surface area is 99.1 Å². The second-order valence-electron chi connectivity index (χ2n) is 4.40. The summed E-state index contributed by atoms with van der Waals surface area (Å²) < 4.78 is 31.4. The van der Waals surface area contributed by atoms with Gasteiger partial charge >= 0.3 is 13.2 Å². The van der Waals surface area contributed by atoms with E-state index in [0.717, 1.165) is 0 Å². The van der Waals surface area contributed by atoms with Crippen molar-refractivity contribution in [3.63, 3.8) is 0 Å². The molecule has 0 saturated heterocycles. The number of carbonyl (C=O) groups is 1. The topological polar surface area (TPSA) is 26.3 Å². The molecule has 5 heteroatoms. The second-order valence-corrected chi connectivity index (χ2v) is 4.40. The van der Waals surface area contributed by atoms with Gasteiger partial charge in [0.25, 0.3) is 0 Å². The quantitative estimate of drug-likeness (QED) is 0.594. The zero-order valence-electron chi connectivity index (χ0n) is 9.66. The number of halogens is 2. The van der Waals surface area contributed by atoms with Crippen molar-refractivity contribution in [3.05, 3.63) is 35.9 Å². The molecule has 0 amide bonds. The summed E-state index contributed by atoms with van der Waals surface area (Å²) in [6.07, 6.45) is 0.211. The van der Waals surface area contributed by atoms with Crippen LogP contribution in [-0.2, 0) is 14.8 Å². The maximum atomic E-state index is 13.3. The molecule has 0 spiro atoms. The molecule has 0 heterocycles. The van der Waals surface area contributed by atoms with Crippen molar-refractivity contribution in [3.8, 4) is 0 Å². The van der Waals surface area contributed by atoms with Crippen LogP contribution >= 0.6 is 0 Å². The predicted molar refractivity (Wildman–Crippen MR) is 62.2 cm³/mol. The van der Waals surface area contributed by atoms with Crippen LogP contribution in [0.5, 0.6) is 0 Å². The Morgan fingerprint density at radius 1 is 1.47 bits per heavy atom. The molecule has 1 saturated carbocycles. The van der Waals surface area contributed by atoms with E-state index in [-0.39, 0.29) is 13.0 Å². The third-order valence-corrected chi connectivity index (χ3v) is 3.47. The fraction of sp³-hybridized carbons (Fsp3) is 0.417.